The molecule has 0 fully saturated rings. The van der Waals surface area contributed by atoms with E-state index in [1.165, 1.54) is 0 Å². The summed E-state index contributed by atoms with van der Waals surface area (Å²) in [5, 5.41) is 2.87. The van der Waals surface area contributed by atoms with Gasteiger partial charge in [0.05, 0.1) is 17.4 Å². The van der Waals surface area contributed by atoms with Gasteiger partial charge in [-0.25, -0.2) is 0 Å². The summed E-state index contributed by atoms with van der Waals surface area (Å²) < 4.78 is 6.51. The van der Waals surface area contributed by atoms with Crippen molar-refractivity contribution in [2.45, 2.75) is 20.0 Å². The third kappa shape index (κ3) is 3.61. The zero-order chi connectivity index (χ0) is 14.5. The van der Waals surface area contributed by atoms with Crippen LogP contribution in [0.15, 0.2) is 53.0 Å². The second-order valence-corrected chi connectivity index (χ2v) is 5.45. The first-order valence-corrected chi connectivity index (χ1v) is 7.19. The molecule has 0 atom stereocenters. The smallest absolute Gasteiger partial charge is 0.259 e. The molecule has 0 spiro atoms. The Kier molecular flexibility index (Phi) is 4.79. The average molecular weight is 334 g/mol. The lowest BCUT2D eigenvalue weighted by Gasteiger charge is -2.14. The minimum absolute atomic E-state index is 0.0208. The molecule has 0 aliphatic carbocycles. The van der Waals surface area contributed by atoms with Gasteiger partial charge in [0.2, 0.25) is 0 Å². The first kappa shape index (κ1) is 14.6. The Hall–Kier alpha value is -1.81. The van der Waals surface area contributed by atoms with Crippen molar-refractivity contribution in [3.8, 4) is 5.75 Å². The Bertz CT molecular complexity index is 611. The molecular weight excluding hydrogens is 318 g/mol. The van der Waals surface area contributed by atoms with Crippen molar-refractivity contribution in [3.63, 3.8) is 0 Å². The van der Waals surface area contributed by atoms with E-state index in [1.807, 2.05) is 50.2 Å². The van der Waals surface area contributed by atoms with E-state index in [2.05, 4.69) is 21.2 Å². The molecule has 2 aromatic carbocycles. The van der Waals surface area contributed by atoms with Crippen molar-refractivity contribution in [2.75, 3.05) is 5.32 Å². The molecule has 0 radical (unpaired) electrons. The molecule has 4 heteroatoms. The van der Waals surface area contributed by atoms with E-state index in [1.54, 1.807) is 12.1 Å². The number of hydrogen-bond donors (Lipinski definition) is 1. The first-order chi connectivity index (χ1) is 9.58. The van der Waals surface area contributed by atoms with Crippen LogP contribution in [0.25, 0.3) is 0 Å². The number of carbonyl (C=O) groups is 1. The minimum atomic E-state index is -0.187. The predicted octanol–water partition coefficient (Wildman–Crippen LogP) is 4.49. The number of nitrogens with one attached hydrogen (secondary N) is 1. The Morgan fingerprint density at radius 2 is 1.75 bits per heavy atom. The molecule has 0 saturated heterocycles. The first-order valence-electron chi connectivity index (χ1n) is 6.39. The van der Waals surface area contributed by atoms with Gasteiger partial charge in [0, 0.05) is 4.47 Å². The summed E-state index contributed by atoms with van der Waals surface area (Å²) in [7, 11) is 0. The van der Waals surface area contributed by atoms with Gasteiger partial charge in [-0.3, -0.25) is 4.79 Å². The second kappa shape index (κ2) is 6.57. The zero-order valence-electron chi connectivity index (χ0n) is 11.4. The molecule has 0 saturated carbocycles. The largest absolute Gasteiger partial charge is 0.490 e. The van der Waals surface area contributed by atoms with Gasteiger partial charge in [0.15, 0.2) is 0 Å². The van der Waals surface area contributed by atoms with Crippen molar-refractivity contribution >= 4 is 27.5 Å². The van der Waals surface area contributed by atoms with Gasteiger partial charge < -0.3 is 10.1 Å². The molecule has 2 rings (SSSR count). The Balaban J connectivity index is 2.23. The molecule has 1 amide bonds. The van der Waals surface area contributed by atoms with Crippen LogP contribution in [0.5, 0.6) is 5.75 Å². The van der Waals surface area contributed by atoms with Crippen LogP contribution in [-0.2, 0) is 0 Å². The Labute approximate surface area is 127 Å². The maximum atomic E-state index is 12.4. The van der Waals surface area contributed by atoms with E-state index >= 15 is 0 Å². The van der Waals surface area contributed by atoms with Gasteiger partial charge in [-0.15, -0.1) is 0 Å². The van der Waals surface area contributed by atoms with Crippen LogP contribution in [-0.4, -0.2) is 12.0 Å². The Morgan fingerprint density at radius 3 is 2.45 bits per heavy atom. The molecule has 3 nitrogen and oxygen atoms in total. The fourth-order valence-corrected chi connectivity index (χ4v) is 2.15. The fourth-order valence-electron chi connectivity index (χ4n) is 1.76. The summed E-state index contributed by atoms with van der Waals surface area (Å²) in [6, 6.07) is 14.7. The highest BCUT2D eigenvalue weighted by atomic mass is 79.9. The van der Waals surface area contributed by atoms with Crippen LogP contribution >= 0.6 is 15.9 Å². The van der Waals surface area contributed by atoms with E-state index in [9.17, 15) is 4.79 Å². The van der Waals surface area contributed by atoms with Gasteiger partial charge in [-0.1, -0.05) is 24.3 Å². The molecule has 2 aromatic rings. The quantitative estimate of drug-likeness (QED) is 0.895. The molecule has 20 heavy (non-hydrogen) atoms. The number of amides is 1. The second-order valence-electron chi connectivity index (χ2n) is 4.60. The van der Waals surface area contributed by atoms with Gasteiger partial charge in [0.25, 0.3) is 5.91 Å². The van der Waals surface area contributed by atoms with Crippen LogP contribution in [0.1, 0.15) is 24.2 Å². The summed E-state index contributed by atoms with van der Waals surface area (Å²) >= 11 is 3.41. The third-order valence-electron chi connectivity index (χ3n) is 2.62. The van der Waals surface area contributed by atoms with Crippen molar-refractivity contribution in [1.29, 1.82) is 0 Å². The monoisotopic (exact) mass is 333 g/mol. The highest BCUT2D eigenvalue weighted by Crippen LogP contribution is 2.24. The van der Waals surface area contributed by atoms with Crippen molar-refractivity contribution in [3.05, 3.63) is 58.6 Å². The minimum Gasteiger partial charge on any atom is -0.490 e. The SMILES string of the molecule is CC(C)Oc1ccccc1C(=O)Nc1ccccc1Br. The lowest BCUT2D eigenvalue weighted by Crippen LogP contribution is -2.15. The summed E-state index contributed by atoms with van der Waals surface area (Å²) in [6.07, 6.45) is 0.0208. The molecule has 104 valence electrons. The predicted molar refractivity (Wildman–Crippen MR) is 84.3 cm³/mol. The number of para-hydroxylation sites is 2. The van der Waals surface area contributed by atoms with E-state index in [-0.39, 0.29) is 12.0 Å². The molecule has 0 aliphatic rings. The number of anilines is 1. The van der Waals surface area contributed by atoms with Crippen LogP contribution in [0, 0.1) is 0 Å². The number of ether oxygens (including phenoxy) is 1. The number of halogens is 1. The zero-order valence-corrected chi connectivity index (χ0v) is 13.0. The lowest BCUT2D eigenvalue weighted by atomic mass is 10.1. The molecule has 1 N–H and O–H groups in total. The maximum absolute atomic E-state index is 12.4. The normalized spacial score (nSPS) is 10.4. The molecule has 0 bridgehead atoms. The Morgan fingerprint density at radius 1 is 1.10 bits per heavy atom. The maximum Gasteiger partial charge on any atom is 0.259 e. The van der Waals surface area contributed by atoms with Crippen molar-refractivity contribution < 1.29 is 9.53 Å². The molecule has 0 aliphatic heterocycles. The summed E-state index contributed by atoms with van der Waals surface area (Å²) in [5.41, 5.74) is 1.26. The molecule has 0 aromatic heterocycles. The van der Waals surface area contributed by atoms with Gasteiger partial charge in [-0.2, -0.15) is 0 Å². The van der Waals surface area contributed by atoms with Crippen molar-refractivity contribution in [2.24, 2.45) is 0 Å². The van der Waals surface area contributed by atoms with Crippen LogP contribution in [0.2, 0.25) is 0 Å². The number of carbonyl (C=O) groups excluding carboxylic acids is 1. The van der Waals surface area contributed by atoms with E-state index in [0.29, 0.717) is 11.3 Å². The topological polar surface area (TPSA) is 38.3 Å². The van der Waals surface area contributed by atoms with E-state index in [0.717, 1.165) is 10.2 Å². The molecular formula is C16H16BrNO2. The standard InChI is InChI=1S/C16H16BrNO2/c1-11(2)20-15-10-6-3-7-12(15)16(19)18-14-9-5-4-8-13(14)17/h3-11H,1-2H3,(H,18,19). The fraction of sp³-hybridized carbons (Fsp3) is 0.188. The van der Waals surface area contributed by atoms with Gasteiger partial charge in [0.1, 0.15) is 5.75 Å². The lowest BCUT2D eigenvalue weighted by molar-refractivity contribution is 0.102. The number of benzene rings is 2. The van der Waals surface area contributed by atoms with Gasteiger partial charge >= 0.3 is 0 Å². The van der Waals surface area contributed by atoms with E-state index < -0.39 is 0 Å². The van der Waals surface area contributed by atoms with Crippen molar-refractivity contribution in [1.82, 2.24) is 0 Å². The molecule has 0 unspecified atom stereocenters. The van der Waals surface area contributed by atoms with Crippen LogP contribution in [0.4, 0.5) is 5.69 Å². The summed E-state index contributed by atoms with van der Waals surface area (Å²) in [6.45, 7) is 3.87. The number of hydrogen-bond acceptors (Lipinski definition) is 2. The van der Waals surface area contributed by atoms with Crippen LogP contribution in [0.3, 0.4) is 0 Å². The van der Waals surface area contributed by atoms with E-state index in [4.69, 9.17) is 4.74 Å². The highest BCUT2D eigenvalue weighted by molar-refractivity contribution is 9.10. The third-order valence-corrected chi connectivity index (χ3v) is 3.31. The molecule has 0 heterocycles. The van der Waals surface area contributed by atoms with Gasteiger partial charge in [-0.05, 0) is 54.0 Å². The highest BCUT2D eigenvalue weighted by Gasteiger charge is 2.14. The summed E-state index contributed by atoms with van der Waals surface area (Å²) in [5.74, 6) is 0.403. The number of rotatable bonds is 4. The summed E-state index contributed by atoms with van der Waals surface area (Å²) in [4.78, 5) is 12.4. The van der Waals surface area contributed by atoms with Crippen LogP contribution < -0.4 is 10.1 Å². The average Bonchev–Trinajstić information content (AvgIpc) is 2.41.